The first kappa shape index (κ1) is 9.76. The molecule has 0 spiro atoms. The SMILES string of the molecule is O=C(Cc1ccncc1[N+](=O)[O-])C1CC1. The molecule has 5 heteroatoms. The average molecular weight is 206 g/mol. The Balaban J connectivity index is 2.19. The molecule has 0 amide bonds. The van der Waals surface area contributed by atoms with Gasteiger partial charge >= 0.3 is 0 Å². The molecule has 0 N–H and O–H groups in total. The number of rotatable bonds is 4. The largest absolute Gasteiger partial charge is 0.299 e. The van der Waals surface area contributed by atoms with Crippen LogP contribution in [0.15, 0.2) is 18.5 Å². The molecule has 1 aromatic heterocycles. The molecule has 5 nitrogen and oxygen atoms in total. The van der Waals surface area contributed by atoms with E-state index in [4.69, 9.17) is 0 Å². The zero-order valence-corrected chi connectivity index (χ0v) is 8.05. The summed E-state index contributed by atoms with van der Waals surface area (Å²) >= 11 is 0. The summed E-state index contributed by atoms with van der Waals surface area (Å²) < 4.78 is 0. The lowest BCUT2D eigenvalue weighted by Crippen LogP contribution is -2.07. The molecule has 15 heavy (non-hydrogen) atoms. The van der Waals surface area contributed by atoms with E-state index < -0.39 is 4.92 Å². The fraction of sp³-hybridized carbons (Fsp3) is 0.400. The van der Waals surface area contributed by atoms with Gasteiger partial charge in [-0.05, 0) is 18.9 Å². The first-order valence-corrected chi connectivity index (χ1v) is 4.78. The van der Waals surface area contributed by atoms with Crippen LogP contribution < -0.4 is 0 Å². The predicted molar refractivity (Wildman–Crippen MR) is 52.3 cm³/mol. The molecule has 0 unspecified atom stereocenters. The number of carbonyl (C=O) groups excluding carboxylic acids is 1. The number of nitro groups is 1. The minimum absolute atomic E-state index is 0.0634. The summed E-state index contributed by atoms with van der Waals surface area (Å²) in [6.07, 6.45) is 4.68. The van der Waals surface area contributed by atoms with Gasteiger partial charge in [0.1, 0.15) is 12.0 Å². The summed E-state index contributed by atoms with van der Waals surface area (Å²) in [6, 6.07) is 1.54. The van der Waals surface area contributed by atoms with E-state index in [0.717, 1.165) is 12.8 Å². The van der Waals surface area contributed by atoms with Crippen molar-refractivity contribution in [3.05, 3.63) is 34.1 Å². The van der Waals surface area contributed by atoms with Crippen molar-refractivity contribution in [1.29, 1.82) is 0 Å². The standard InChI is InChI=1S/C10H10N2O3/c13-10(7-1-2-7)5-8-3-4-11-6-9(8)12(14)15/h3-4,6-7H,1-2,5H2. The lowest BCUT2D eigenvalue weighted by atomic mass is 10.1. The third-order valence-electron chi connectivity index (χ3n) is 2.48. The van der Waals surface area contributed by atoms with Crippen LogP contribution in [0.3, 0.4) is 0 Å². The Morgan fingerprint density at radius 1 is 1.60 bits per heavy atom. The predicted octanol–water partition coefficient (Wildman–Crippen LogP) is 1.51. The summed E-state index contributed by atoms with van der Waals surface area (Å²) in [7, 11) is 0. The fourth-order valence-electron chi connectivity index (χ4n) is 1.47. The first-order chi connectivity index (χ1) is 7.18. The maximum Gasteiger partial charge on any atom is 0.291 e. The van der Waals surface area contributed by atoms with Crippen molar-refractivity contribution in [2.75, 3.05) is 0 Å². The summed E-state index contributed by atoms with van der Waals surface area (Å²) in [4.78, 5) is 25.3. The molecule has 1 saturated carbocycles. The fourth-order valence-corrected chi connectivity index (χ4v) is 1.47. The van der Waals surface area contributed by atoms with Crippen LogP contribution in [0.5, 0.6) is 0 Å². The van der Waals surface area contributed by atoms with Crippen LogP contribution in [0.4, 0.5) is 5.69 Å². The van der Waals surface area contributed by atoms with Crippen LogP contribution in [0.2, 0.25) is 0 Å². The Morgan fingerprint density at radius 2 is 2.33 bits per heavy atom. The zero-order chi connectivity index (χ0) is 10.8. The summed E-state index contributed by atoms with van der Waals surface area (Å²) in [6.45, 7) is 0. The van der Waals surface area contributed by atoms with Crippen molar-refractivity contribution in [3.63, 3.8) is 0 Å². The molecular formula is C10H10N2O3. The number of carbonyl (C=O) groups is 1. The van der Waals surface area contributed by atoms with Crippen molar-refractivity contribution >= 4 is 11.5 Å². The minimum Gasteiger partial charge on any atom is -0.299 e. The summed E-state index contributed by atoms with van der Waals surface area (Å²) in [5.41, 5.74) is 0.401. The molecule has 2 rings (SSSR count). The number of hydrogen-bond acceptors (Lipinski definition) is 4. The van der Waals surface area contributed by atoms with Crippen LogP contribution in [0.1, 0.15) is 18.4 Å². The van der Waals surface area contributed by atoms with E-state index in [1.54, 1.807) is 6.07 Å². The van der Waals surface area contributed by atoms with Gasteiger partial charge in [-0.15, -0.1) is 0 Å². The van der Waals surface area contributed by atoms with Crippen molar-refractivity contribution in [3.8, 4) is 0 Å². The van der Waals surface area contributed by atoms with Gasteiger partial charge in [0.05, 0.1) is 4.92 Å². The molecular weight excluding hydrogens is 196 g/mol. The second-order valence-electron chi connectivity index (χ2n) is 3.68. The van der Waals surface area contributed by atoms with Crippen molar-refractivity contribution in [2.24, 2.45) is 5.92 Å². The third kappa shape index (κ3) is 2.18. The molecule has 1 aromatic rings. The van der Waals surface area contributed by atoms with Crippen LogP contribution in [-0.2, 0) is 11.2 Å². The van der Waals surface area contributed by atoms with E-state index in [-0.39, 0.29) is 23.8 Å². The molecule has 0 aromatic carbocycles. The second kappa shape index (κ2) is 3.76. The van der Waals surface area contributed by atoms with Gasteiger partial charge in [-0.1, -0.05) is 0 Å². The van der Waals surface area contributed by atoms with Crippen LogP contribution >= 0.6 is 0 Å². The molecule has 1 fully saturated rings. The van der Waals surface area contributed by atoms with Gasteiger partial charge in [0, 0.05) is 24.1 Å². The van der Waals surface area contributed by atoms with Gasteiger partial charge in [-0.2, -0.15) is 0 Å². The number of hydrogen-bond donors (Lipinski definition) is 0. The molecule has 1 aliphatic carbocycles. The number of pyridine rings is 1. The van der Waals surface area contributed by atoms with Gasteiger partial charge in [0.15, 0.2) is 0 Å². The zero-order valence-electron chi connectivity index (χ0n) is 8.05. The van der Waals surface area contributed by atoms with Gasteiger partial charge in [0.2, 0.25) is 0 Å². The molecule has 0 radical (unpaired) electrons. The van der Waals surface area contributed by atoms with E-state index in [0.29, 0.717) is 5.56 Å². The number of nitrogens with zero attached hydrogens (tertiary/aromatic N) is 2. The van der Waals surface area contributed by atoms with Crippen LogP contribution in [0.25, 0.3) is 0 Å². The third-order valence-corrected chi connectivity index (χ3v) is 2.48. The van der Waals surface area contributed by atoms with Crippen molar-refractivity contribution < 1.29 is 9.72 Å². The molecule has 0 aliphatic heterocycles. The number of aromatic nitrogens is 1. The Bertz CT molecular complexity index is 413. The minimum atomic E-state index is -0.498. The highest BCUT2D eigenvalue weighted by atomic mass is 16.6. The Labute approximate surface area is 86.3 Å². The maximum atomic E-state index is 11.5. The smallest absolute Gasteiger partial charge is 0.291 e. The highest BCUT2D eigenvalue weighted by Crippen LogP contribution is 2.31. The van der Waals surface area contributed by atoms with Crippen LogP contribution in [-0.4, -0.2) is 15.7 Å². The van der Waals surface area contributed by atoms with Crippen molar-refractivity contribution in [2.45, 2.75) is 19.3 Å². The molecule has 1 heterocycles. The average Bonchev–Trinajstić information content (AvgIpc) is 3.01. The molecule has 0 atom stereocenters. The molecule has 0 bridgehead atoms. The monoisotopic (exact) mass is 206 g/mol. The van der Waals surface area contributed by atoms with E-state index in [9.17, 15) is 14.9 Å². The first-order valence-electron chi connectivity index (χ1n) is 4.78. The van der Waals surface area contributed by atoms with Gasteiger partial charge in [-0.3, -0.25) is 19.9 Å². The number of Topliss-reactive ketones (excluding diaryl/α,β-unsaturated/α-hetero) is 1. The van der Waals surface area contributed by atoms with E-state index in [2.05, 4.69) is 4.98 Å². The highest BCUT2D eigenvalue weighted by Gasteiger charge is 2.30. The van der Waals surface area contributed by atoms with Crippen LogP contribution in [0, 0.1) is 16.0 Å². The number of ketones is 1. The quantitative estimate of drug-likeness (QED) is 0.552. The molecule has 0 saturated heterocycles. The summed E-state index contributed by atoms with van der Waals surface area (Å²) in [5, 5.41) is 10.6. The van der Waals surface area contributed by atoms with Gasteiger partial charge < -0.3 is 0 Å². The molecule has 1 aliphatic rings. The Kier molecular flexibility index (Phi) is 2.45. The highest BCUT2D eigenvalue weighted by molar-refractivity contribution is 5.85. The molecule has 78 valence electrons. The van der Waals surface area contributed by atoms with E-state index in [1.165, 1.54) is 12.4 Å². The van der Waals surface area contributed by atoms with E-state index >= 15 is 0 Å². The normalized spacial score (nSPS) is 14.9. The lowest BCUT2D eigenvalue weighted by molar-refractivity contribution is -0.385. The summed E-state index contributed by atoms with van der Waals surface area (Å²) in [5.74, 6) is 0.238. The van der Waals surface area contributed by atoms with E-state index in [1.807, 2.05) is 0 Å². The Morgan fingerprint density at radius 3 is 2.93 bits per heavy atom. The van der Waals surface area contributed by atoms with Gasteiger partial charge in [-0.25, -0.2) is 0 Å². The van der Waals surface area contributed by atoms with Gasteiger partial charge in [0.25, 0.3) is 5.69 Å². The van der Waals surface area contributed by atoms with Crippen molar-refractivity contribution in [1.82, 2.24) is 4.98 Å². The maximum absolute atomic E-state index is 11.5. The lowest BCUT2D eigenvalue weighted by Gasteiger charge is -2.00. The topological polar surface area (TPSA) is 73.1 Å². The second-order valence-corrected chi connectivity index (χ2v) is 3.68. The Hall–Kier alpha value is -1.78.